The van der Waals surface area contributed by atoms with Gasteiger partial charge in [0.1, 0.15) is 6.04 Å². The molecule has 4 N–H and O–H groups in total. The number of benzene rings is 2. The van der Waals surface area contributed by atoms with Crippen molar-refractivity contribution in [1.29, 1.82) is 0 Å². The van der Waals surface area contributed by atoms with Crippen molar-refractivity contribution in [2.24, 2.45) is 0 Å². The van der Waals surface area contributed by atoms with Gasteiger partial charge in [-0.1, -0.05) is 66.2 Å². The fourth-order valence-corrected chi connectivity index (χ4v) is 4.04. The summed E-state index contributed by atoms with van der Waals surface area (Å²) in [4.78, 5) is 26.1. The molecule has 150 valence electrons. The predicted molar refractivity (Wildman–Crippen MR) is 116 cm³/mol. The predicted octanol–water partition coefficient (Wildman–Crippen LogP) is 3.30. The van der Waals surface area contributed by atoms with Crippen molar-refractivity contribution in [3.8, 4) is 0 Å². The van der Waals surface area contributed by atoms with Crippen LogP contribution in [0.25, 0.3) is 0 Å². The minimum atomic E-state index is -0.563. The summed E-state index contributed by atoms with van der Waals surface area (Å²) < 4.78 is 0. The Morgan fingerprint density at radius 2 is 1.69 bits per heavy atom. The highest BCUT2D eigenvalue weighted by molar-refractivity contribution is 7.10. The fraction of sp³-hybridized carbons (Fsp3) is 0.217. The van der Waals surface area contributed by atoms with Gasteiger partial charge in [-0.25, -0.2) is 4.79 Å². The minimum absolute atomic E-state index is 0.0548. The van der Waals surface area contributed by atoms with E-state index < -0.39 is 12.1 Å². The lowest BCUT2D eigenvalue weighted by Crippen LogP contribution is -2.88. The monoisotopic (exact) mass is 408 g/mol. The molecule has 3 amide bonds. The first kappa shape index (κ1) is 20.8. The fourth-order valence-electron chi connectivity index (χ4n) is 3.21. The Morgan fingerprint density at radius 1 is 0.966 bits per heavy atom. The Balaban J connectivity index is 1.93. The molecule has 0 spiro atoms. The smallest absolute Gasteiger partial charge is 0.321 e. The van der Waals surface area contributed by atoms with E-state index in [1.54, 1.807) is 11.3 Å². The molecule has 1 heterocycles. The Kier molecular flexibility index (Phi) is 7.16. The second-order valence-electron chi connectivity index (χ2n) is 6.83. The third-order valence-corrected chi connectivity index (χ3v) is 5.64. The van der Waals surface area contributed by atoms with Crippen molar-refractivity contribution in [1.82, 2.24) is 10.6 Å². The molecule has 1 aromatic heterocycles. The molecule has 2 atom stereocenters. The number of urea groups is 1. The number of thiophene rings is 1. The number of carbonyl (C=O) groups is 2. The van der Waals surface area contributed by atoms with E-state index in [1.165, 1.54) is 5.56 Å². The third kappa shape index (κ3) is 5.53. The van der Waals surface area contributed by atoms with Crippen LogP contribution in [-0.2, 0) is 4.79 Å². The van der Waals surface area contributed by atoms with Gasteiger partial charge in [-0.15, -0.1) is 11.3 Å². The first-order valence-corrected chi connectivity index (χ1v) is 10.5. The molecule has 3 aromatic rings. The summed E-state index contributed by atoms with van der Waals surface area (Å²) in [6.07, 6.45) is 0. The standard InChI is InChI=1S/C23H25N3O2S/c1-3-24-23(28)26-22(27)21(17-8-5-4-6-9-17)25-20(19-10-7-15-29-19)18-13-11-16(2)12-14-18/h4-15,20-21,25H,3H2,1-2H3,(H2,24,26,27,28)/p+1/t20-,21-/m1/s1. The molecule has 3 rings (SSSR count). The summed E-state index contributed by atoms with van der Waals surface area (Å²) in [7, 11) is 0. The number of amides is 3. The Morgan fingerprint density at radius 3 is 2.31 bits per heavy atom. The summed E-state index contributed by atoms with van der Waals surface area (Å²) in [5.74, 6) is -0.337. The van der Waals surface area contributed by atoms with Gasteiger partial charge < -0.3 is 10.6 Å². The maximum absolute atomic E-state index is 13.0. The van der Waals surface area contributed by atoms with E-state index in [2.05, 4.69) is 47.9 Å². The molecule has 0 bridgehead atoms. The van der Waals surface area contributed by atoms with Crippen molar-refractivity contribution in [3.63, 3.8) is 0 Å². The third-order valence-electron chi connectivity index (χ3n) is 4.69. The first-order chi connectivity index (χ1) is 14.1. The van der Waals surface area contributed by atoms with Crippen LogP contribution in [0.2, 0.25) is 0 Å². The highest BCUT2D eigenvalue weighted by atomic mass is 32.1. The van der Waals surface area contributed by atoms with Crippen LogP contribution in [0.1, 0.15) is 40.6 Å². The van der Waals surface area contributed by atoms with Gasteiger partial charge in [0.2, 0.25) is 0 Å². The lowest BCUT2D eigenvalue weighted by molar-refractivity contribution is -0.713. The van der Waals surface area contributed by atoms with Crippen LogP contribution in [0.15, 0.2) is 72.1 Å². The zero-order chi connectivity index (χ0) is 20.6. The first-order valence-electron chi connectivity index (χ1n) is 9.67. The summed E-state index contributed by atoms with van der Waals surface area (Å²) in [6, 6.07) is 20.9. The molecule has 29 heavy (non-hydrogen) atoms. The largest absolute Gasteiger partial charge is 0.338 e. The SMILES string of the molecule is CCNC(=O)NC(=O)[C@H]([NH2+][C@H](c1ccc(C)cc1)c1cccs1)c1ccccc1. The van der Waals surface area contributed by atoms with Crippen LogP contribution in [0.3, 0.4) is 0 Å². The van der Waals surface area contributed by atoms with E-state index in [9.17, 15) is 9.59 Å². The number of aryl methyl sites for hydroxylation is 1. The number of hydrogen-bond acceptors (Lipinski definition) is 3. The van der Waals surface area contributed by atoms with Gasteiger partial charge in [-0.3, -0.25) is 10.1 Å². The highest BCUT2D eigenvalue weighted by Crippen LogP contribution is 2.24. The quantitative estimate of drug-likeness (QED) is 0.561. The molecular weight excluding hydrogens is 382 g/mol. The molecule has 2 aromatic carbocycles. The molecule has 6 heteroatoms. The highest BCUT2D eigenvalue weighted by Gasteiger charge is 2.31. The number of imide groups is 1. The number of rotatable bonds is 7. The zero-order valence-corrected chi connectivity index (χ0v) is 17.4. The van der Waals surface area contributed by atoms with Crippen molar-refractivity contribution >= 4 is 23.3 Å². The Bertz CT molecular complexity index is 925. The van der Waals surface area contributed by atoms with E-state index in [1.807, 2.05) is 54.0 Å². The van der Waals surface area contributed by atoms with Crippen LogP contribution < -0.4 is 16.0 Å². The Hall–Kier alpha value is -2.96. The van der Waals surface area contributed by atoms with Gasteiger partial charge in [0.15, 0.2) is 6.04 Å². The normalized spacial score (nSPS) is 12.8. The topological polar surface area (TPSA) is 74.8 Å². The van der Waals surface area contributed by atoms with Gasteiger partial charge >= 0.3 is 6.03 Å². The maximum Gasteiger partial charge on any atom is 0.321 e. The van der Waals surface area contributed by atoms with Gasteiger partial charge in [0.05, 0.1) is 4.88 Å². The molecule has 0 aliphatic rings. The molecule has 0 saturated carbocycles. The van der Waals surface area contributed by atoms with Gasteiger partial charge in [0.25, 0.3) is 5.91 Å². The lowest BCUT2D eigenvalue weighted by atomic mass is 9.99. The molecular formula is C23H26N3O2S+. The molecule has 0 aliphatic heterocycles. The van der Waals surface area contributed by atoms with Crippen LogP contribution >= 0.6 is 11.3 Å². The number of hydrogen-bond donors (Lipinski definition) is 3. The van der Waals surface area contributed by atoms with Crippen molar-refractivity contribution in [2.75, 3.05) is 6.54 Å². The van der Waals surface area contributed by atoms with E-state index >= 15 is 0 Å². The molecule has 0 aliphatic carbocycles. The second kappa shape index (κ2) is 10.0. The maximum atomic E-state index is 13.0. The number of nitrogens with one attached hydrogen (secondary N) is 2. The average molecular weight is 409 g/mol. The van der Waals surface area contributed by atoms with Crippen LogP contribution in [-0.4, -0.2) is 18.5 Å². The lowest BCUT2D eigenvalue weighted by Gasteiger charge is -2.22. The van der Waals surface area contributed by atoms with E-state index in [-0.39, 0.29) is 11.9 Å². The second-order valence-corrected chi connectivity index (χ2v) is 7.81. The van der Waals surface area contributed by atoms with Crippen molar-refractivity contribution in [2.45, 2.75) is 25.9 Å². The molecule has 0 radical (unpaired) electrons. The van der Waals surface area contributed by atoms with Gasteiger partial charge in [0, 0.05) is 17.7 Å². The molecule has 0 unspecified atom stereocenters. The number of carbonyl (C=O) groups excluding carboxylic acids is 2. The molecule has 5 nitrogen and oxygen atoms in total. The summed E-state index contributed by atoms with van der Waals surface area (Å²) >= 11 is 1.66. The molecule has 0 fully saturated rings. The molecule has 0 saturated heterocycles. The van der Waals surface area contributed by atoms with Crippen molar-refractivity contribution < 1.29 is 14.9 Å². The number of quaternary nitrogens is 1. The summed E-state index contributed by atoms with van der Waals surface area (Å²) in [5, 5.41) is 9.16. The number of nitrogens with two attached hydrogens (primary N) is 1. The van der Waals surface area contributed by atoms with Crippen LogP contribution in [0.5, 0.6) is 0 Å². The summed E-state index contributed by atoms with van der Waals surface area (Å²) in [6.45, 7) is 4.33. The van der Waals surface area contributed by atoms with Gasteiger partial charge in [-0.2, -0.15) is 0 Å². The van der Waals surface area contributed by atoms with E-state index in [4.69, 9.17) is 0 Å². The van der Waals surface area contributed by atoms with Crippen LogP contribution in [0.4, 0.5) is 4.79 Å². The average Bonchev–Trinajstić information content (AvgIpc) is 3.25. The zero-order valence-electron chi connectivity index (χ0n) is 16.6. The van der Waals surface area contributed by atoms with E-state index in [0.29, 0.717) is 6.54 Å². The Labute approximate surface area is 175 Å². The van der Waals surface area contributed by atoms with E-state index in [0.717, 1.165) is 16.0 Å². The van der Waals surface area contributed by atoms with Gasteiger partial charge in [-0.05, 0) is 25.3 Å². The minimum Gasteiger partial charge on any atom is -0.338 e. The summed E-state index contributed by atoms with van der Waals surface area (Å²) in [5.41, 5.74) is 3.15. The van der Waals surface area contributed by atoms with Crippen LogP contribution in [0, 0.1) is 6.92 Å². The van der Waals surface area contributed by atoms with Crippen molar-refractivity contribution in [3.05, 3.63) is 93.7 Å².